The Balaban J connectivity index is 1.83. The number of fused-ring (bicyclic) bond motifs is 1. The number of hydrogen-bond donors (Lipinski definition) is 1. The summed E-state index contributed by atoms with van der Waals surface area (Å²) in [6.07, 6.45) is 2.49. The van der Waals surface area contributed by atoms with Crippen LogP contribution in [0.5, 0.6) is 0 Å². The van der Waals surface area contributed by atoms with Gasteiger partial charge in [-0.05, 0) is 24.1 Å². The molecule has 1 aliphatic rings. The Morgan fingerprint density at radius 2 is 2.32 bits per heavy atom. The number of hydrogen-bond acceptors (Lipinski definition) is 5. The average Bonchev–Trinajstić information content (AvgIpc) is 2.83. The molecule has 0 aromatic carbocycles. The summed E-state index contributed by atoms with van der Waals surface area (Å²) in [5.41, 5.74) is 7.46. The average molecular weight is 295 g/mol. The van der Waals surface area contributed by atoms with Gasteiger partial charge in [-0.3, -0.25) is 4.79 Å². The number of nitrogens with zero attached hydrogens (tertiary/aromatic N) is 3. The fraction of sp³-hybridized carbons (Fsp3) is 0.250. The van der Waals surface area contributed by atoms with Crippen LogP contribution in [-0.4, -0.2) is 27.3 Å². The van der Waals surface area contributed by atoms with Gasteiger partial charge in [-0.15, -0.1) is 11.3 Å². The number of nitrogen functional groups attached to an aromatic ring is 1. The second-order valence-electron chi connectivity index (χ2n) is 4.28. The number of amides is 1. The summed E-state index contributed by atoms with van der Waals surface area (Å²) in [6.45, 7) is 1.13. The van der Waals surface area contributed by atoms with E-state index in [1.807, 2.05) is 0 Å². The highest BCUT2D eigenvalue weighted by atomic mass is 35.5. The van der Waals surface area contributed by atoms with Crippen molar-refractivity contribution in [3.8, 4) is 0 Å². The molecule has 2 aromatic heterocycles. The zero-order chi connectivity index (χ0) is 13.4. The van der Waals surface area contributed by atoms with Crippen LogP contribution in [0.15, 0.2) is 18.3 Å². The summed E-state index contributed by atoms with van der Waals surface area (Å²) in [5.74, 6) is 0.229. The lowest BCUT2D eigenvalue weighted by molar-refractivity contribution is 0.0736. The van der Waals surface area contributed by atoms with Crippen molar-refractivity contribution in [1.29, 1.82) is 0 Å². The molecule has 2 aromatic rings. The van der Waals surface area contributed by atoms with Crippen LogP contribution in [0.1, 0.15) is 20.9 Å². The van der Waals surface area contributed by atoms with Gasteiger partial charge in [0.05, 0.1) is 21.5 Å². The fourth-order valence-electron chi connectivity index (χ4n) is 2.08. The minimum Gasteiger partial charge on any atom is -0.368 e. The Hall–Kier alpha value is -1.66. The van der Waals surface area contributed by atoms with Gasteiger partial charge in [0.25, 0.3) is 5.91 Å². The predicted molar refractivity (Wildman–Crippen MR) is 74.2 cm³/mol. The van der Waals surface area contributed by atoms with Crippen LogP contribution in [0.4, 0.5) is 5.95 Å². The first-order chi connectivity index (χ1) is 9.13. The zero-order valence-corrected chi connectivity index (χ0v) is 11.5. The minimum absolute atomic E-state index is 0.0141. The van der Waals surface area contributed by atoms with Crippen LogP contribution in [0, 0.1) is 0 Å². The van der Waals surface area contributed by atoms with Gasteiger partial charge in [0.1, 0.15) is 0 Å². The SMILES string of the molecule is Nc1ncc2c(n1)CN(C(=O)c1ccc(Cl)s1)CC2. The van der Waals surface area contributed by atoms with Gasteiger partial charge >= 0.3 is 0 Å². The number of aromatic nitrogens is 2. The first-order valence-corrected chi connectivity index (χ1v) is 6.98. The number of thiophene rings is 1. The monoisotopic (exact) mass is 294 g/mol. The standard InChI is InChI=1S/C12H11ClN4OS/c13-10-2-1-9(19-10)11(18)17-4-3-7-5-15-12(14)16-8(7)6-17/h1-2,5H,3-4,6H2,(H2,14,15,16). The summed E-state index contributed by atoms with van der Waals surface area (Å²) in [7, 11) is 0. The van der Waals surface area contributed by atoms with Crippen LogP contribution in [0.2, 0.25) is 4.34 Å². The lowest BCUT2D eigenvalue weighted by Gasteiger charge is -2.27. The second-order valence-corrected chi connectivity index (χ2v) is 6.00. The Bertz CT molecular complexity index is 642. The van der Waals surface area contributed by atoms with Crippen molar-refractivity contribution in [1.82, 2.24) is 14.9 Å². The van der Waals surface area contributed by atoms with Gasteiger partial charge in [-0.2, -0.15) is 0 Å². The van der Waals surface area contributed by atoms with Gasteiger partial charge in [0.2, 0.25) is 5.95 Å². The van der Waals surface area contributed by atoms with Crippen LogP contribution in [-0.2, 0) is 13.0 Å². The highest BCUT2D eigenvalue weighted by molar-refractivity contribution is 7.17. The number of nitrogens with two attached hydrogens (primary N) is 1. The molecule has 0 atom stereocenters. The topological polar surface area (TPSA) is 72.1 Å². The Morgan fingerprint density at radius 1 is 1.47 bits per heavy atom. The van der Waals surface area contributed by atoms with Crippen molar-refractivity contribution in [2.45, 2.75) is 13.0 Å². The van der Waals surface area contributed by atoms with E-state index in [-0.39, 0.29) is 11.9 Å². The number of carbonyl (C=O) groups excluding carboxylic acids is 1. The Labute approximate surface area is 119 Å². The van der Waals surface area contributed by atoms with Crippen molar-refractivity contribution >= 4 is 34.8 Å². The second kappa shape index (κ2) is 4.79. The van der Waals surface area contributed by atoms with Gasteiger partial charge in [-0.25, -0.2) is 9.97 Å². The molecule has 3 rings (SSSR count). The van der Waals surface area contributed by atoms with Gasteiger partial charge < -0.3 is 10.6 Å². The van der Waals surface area contributed by atoms with E-state index in [0.29, 0.717) is 22.3 Å². The molecule has 98 valence electrons. The molecule has 7 heteroatoms. The van der Waals surface area contributed by atoms with Crippen LogP contribution in [0.25, 0.3) is 0 Å². The smallest absolute Gasteiger partial charge is 0.264 e. The van der Waals surface area contributed by atoms with Crippen LogP contribution in [0.3, 0.4) is 0 Å². The minimum atomic E-state index is -0.0141. The maximum Gasteiger partial charge on any atom is 0.264 e. The molecule has 5 nitrogen and oxygen atoms in total. The fourth-order valence-corrected chi connectivity index (χ4v) is 3.09. The van der Waals surface area contributed by atoms with E-state index in [9.17, 15) is 4.79 Å². The van der Waals surface area contributed by atoms with Crippen molar-refractivity contribution in [3.05, 3.63) is 38.8 Å². The molecule has 3 heterocycles. The number of anilines is 1. The molecule has 1 amide bonds. The summed E-state index contributed by atoms with van der Waals surface area (Å²) >= 11 is 7.15. The first kappa shape index (κ1) is 12.4. The molecular formula is C12H11ClN4OS. The third-order valence-corrected chi connectivity index (χ3v) is 4.25. The van der Waals surface area contributed by atoms with Crippen molar-refractivity contribution in [2.24, 2.45) is 0 Å². The number of rotatable bonds is 1. The van der Waals surface area contributed by atoms with Crippen LogP contribution < -0.4 is 5.73 Å². The number of halogens is 1. The van der Waals surface area contributed by atoms with Crippen molar-refractivity contribution < 1.29 is 4.79 Å². The van der Waals surface area contributed by atoms with E-state index in [4.69, 9.17) is 17.3 Å². The summed E-state index contributed by atoms with van der Waals surface area (Å²) in [4.78, 5) is 22.9. The molecule has 0 radical (unpaired) electrons. The predicted octanol–water partition coefficient (Wildman–Crippen LogP) is 1.97. The van der Waals surface area contributed by atoms with E-state index >= 15 is 0 Å². The Morgan fingerprint density at radius 3 is 3.05 bits per heavy atom. The van der Waals surface area contributed by atoms with Crippen molar-refractivity contribution in [2.75, 3.05) is 12.3 Å². The molecule has 0 saturated carbocycles. The highest BCUT2D eigenvalue weighted by Gasteiger charge is 2.24. The normalized spacial score (nSPS) is 14.3. The lowest BCUT2D eigenvalue weighted by atomic mass is 10.1. The molecule has 0 aliphatic carbocycles. The van der Waals surface area contributed by atoms with Gasteiger partial charge in [0.15, 0.2) is 0 Å². The van der Waals surface area contributed by atoms with Crippen LogP contribution >= 0.6 is 22.9 Å². The molecular weight excluding hydrogens is 284 g/mol. The van der Waals surface area contributed by atoms with Crippen molar-refractivity contribution in [3.63, 3.8) is 0 Å². The lowest BCUT2D eigenvalue weighted by Crippen LogP contribution is -2.36. The highest BCUT2D eigenvalue weighted by Crippen LogP contribution is 2.25. The Kier molecular flexibility index (Phi) is 3.12. The molecule has 0 bridgehead atoms. The maximum absolute atomic E-state index is 12.3. The van der Waals surface area contributed by atoms with E-state index < -0.39 is 0 Å². The third kappa shape index (κ3) is 2.41. The van der Waals surface area contributed by atoms with E-state index in [0.717, 1.165) is 17.7 Å². The molecule has 2 N–H and O–H groups in total. The zero-order valence-electron chi connectivity index (χ0n) is 9.97. The summed E-state index contributed by atoms with van der Waals surface area (Å²) in [5, 5.41) is 0. The molecule has 0 saturated heterocycles. The van der Waals surface area contributed by atoms with E-state index in [1.54, 1.807) is 23.2 Å². The molecule has 1 aliphatic heterocycles. The molecule has 19 heavy (non-hydrogen) atoms. The van der Waals surface area contributed by atoms with E-state index in [1.165, 1.54) is 11.3 Å². The quantitative estimate of drug-likeness (QED) is 0.873. The van der Waals surface area contributed by atoms with Gasteiger partial charge in [-0.1, -0.05) is 11.6 Å². The maximum atomic E-state index is 12.3. The van der Waals surface area contributed by atoms with E-state index in [2.05, 4.69) is 9.97 Å². The number of carbonyl (C=O) groups is 1. The summed E-state index contributed by atoms with van der Waals surface area (Å²) in [6, 6.07) is 3.48. The van der Waals surface area contributed by atoms with Gasteiger partial charge in [0, 0.05) is 12.7 Å². The largest absolute Gasteiger partial charge is 0.368 e. The summed E-state index contributed by atoms with van der Waals surface area (Å²) < 4.78 is 0.618. The first-order valence-electron chi connectivity index (χ1n) is 5.78. The molecule has 0 unspecified atom stereocenters. The molecule has 0 spiro atoms. The molecule has 0 fully saturated rings. The third-order valence-electron chi connectivity index (χ3n) is 3.04.